The molecule has 2 heterocycles. The number of hydrogen-bond donors (Lipinski definition) is 2. The summed E-state index contributed by atoms with van der Waals surface area (Å²) in [6.07, 6.45) is 2.15. The van der Waals surface area contributed by atoms with Gasteiger partial charge in [-0.05, 0) is 19.4 Å². The van der Waals surface area contributed by atoms with Gasteiger partial charge in [0.2, 0.25) is 16.2 Å². The van der Waals surface area contributed by atoms with Gasteiger partial charge in [-0.2, -0.15) is 9.36 Å². The van der Waals surface area contributed by atoms with E-state index in [9.17, 15) is 4.79 Å². The topological polar surface area (TPSA) is 70.2 Å². The number of carbonyl (C=O) groups excluding carboxylic acids is 1. The number of thioether (sulfide) groups is 1. The van der Waals surface area contributed by atoms with E-state index >= 15 is 0 Å². The SMILES string of the molecule is CCCSc1nsc(NC(=O)CN(CCC)C2CNC2)n1. The predicted molar refractivity (Wildman–Crippen MR) is 88.1 cm³/mol. The van der Waals surface area contributed by atoms with E-state index in [-0.39, 0.29) is 5.91 Å². The Balaban J connectivity index is 1.80. The van der Waals surface area contributed by atoms with Gasteiger partial charge < -0.3 is 5.32 Å². The second-order valence-electron chi connectivity index (χ2n) is 5.06. The van der Waals surface area contributed by atoms with Gasteiger partial charge >= 0.3 is 0 Å². The van der Waals surface area contributed by atoms with Crippen molar-refractivity contribution >= 4 is 34.3 Å². The van der Waals surface area contributed by atoms with Crippen molar-refractivity contribution in [1.29, 1.82) is 0 Å². The molecule has 118 valence electrons. The monoisotopic (exact) mass is 329 g/mol. The quantitative estimate of drug-likeness (QED) is 0.672. The van der Waals surface area contributed by atoms with E-state index in [4.69, 9.17) is 0 Å². The molecule has 1 aromatic rings. The molecule has 0 unspecified atom stereocenters. The van der Waals surface area contributed by atoms with Crippen LogP contribution in [0.3, 0.4) is 0 Å². The number of nitrogens with zero attached hydrogens (tertiary/aromatic N) is 3. The summed E-state index contributed by atoms with van der Waals surface area (Å²) in [5, 5.41) is 7.46. The molecule has 8 heteroatoms. The third-order valence-electron chi connectivity index (χ3n) is 3.22. The summed E-state index contributed by atoms with van der Waals surface area (Å²) >= 11 is 2.88. The molecule has 0 bridgehead atoms. The van der Waals surface area contributed by atoms with Crippen LogP contribution in [-0.4, -0.2) is 58.1 Å². The Morgan fingerprint density at radius 2 is 2.29 bits per heavy atom. The fourth-order valence-corrected chi connectivity index (χ4v) is 3.48. The van der Waals surface area contributed by atoms with Crippen LogP contribution in [0.15, 0.2) is 5.16 Å². The van der Waals surface area contributed by atoms with E-state index in [1.54, 1.807) is 11.8 Å². The maximum atomic E-state index is 12.1. The third kappa shape index (κ3) is 5.21. The van der Waals surface area contributed by atoms with Crippen LogP contribution >= 0.6 is 23.3 Å². The Morgan fingerprint density at radius 3 is 2.90 bits per heavy atom. The molecule has 2 N–H and O–H groups in total. The van der Waals surface area contributed by atoms with Gasteiger partial charge in [0.15, 0.2) is 0 Å². The van der Waals surface area contributed by atoms with Crippen molar-refractivity contribution in [2.45, 2.75) is 37.9 Å². The Kier molecular flexibility index (Phi) is 6.88. The lowest BCUT2D eigenvalue weighted by Gasteiger charge is -2.37. The number of amides is 1. The fourth-order valence-electron chi connectivity index (χ4n) is 2.07. The zero-order chi connectivity index (χ0) is 15.1. The first-order valence-electron chi connectivity index (χ1n) is 7.44. The molecule has 21 heavy (non-hydrogen) atoms. The highest BCUT2D eigenvalue weighted by molar-refractivity contribution is 7.99. The molecule has 1 aromatic heterocycles. The van der Waals surface area contributed by atoms with Gasteiger partial charge in [-0.15, -0.1) is 0 Å². The minimum atomic E-state index is -0.00135. The number of carbonyl (C=O) groups is 1. The van der Waals surface area contributed by atoms with Crippen LogP contribution in [0.2, 0.25) is 0 Å². The molecule has 6 nitrogen and oxygen atoms in total. The first kappa shape index (κ1) is 16.7. The molecule has 0 aliphatic carbocycles. The van der Waals surface area contributed by atoms with Gasteiger partial charge in [0.05, 0.1) is 6.54 Å². The van der Waals surface area contributed by atoms with Crippen LogP contribution in [-0.2, 0) is 4.79 Å². The molecule has 0 spiro atoms. The lowest BCUT2D eigenvalue weighted by Crippen LogP contribution is -2.58. The van der Waals surface area contributed by atoms with Crippen molar-refractivity contribution in [2.75, 3.05) is 37.2 Å². The molecular formula is C13H23N5OS2. The molecule has 1 aliphatic heterocycles. The van der Waals surface area contributed by atoms with Crippen LogP contribution in [0.4, 0.5) is 5.13 Å². The summed E-state index contributed by atoms with van der Waals surface area (Å²) in [5.41, 5.74) is 0. The number of nitrogens with one attached hydrogen (secondary N) is 2. The van der Waals surface area contributed by atoms with Gasteiger partial charge in [-0.3, -0.25) is 15.0 Å². The average molecular weight is 329 g/mol. The van der Waals surface area contributed by atoms with E-state index in [1.165, 1.54) is 11.5 Å². The van der Waals surface area contributed by atoms with Crippen molar-refractivity contribution in [3.8, 4) is 0 Å². The minimum Gasteiger partial charge on any atom is -0.314 e. The van der Waals surface area contributed by atoms with E-state index < -0.39 is 0 Å². The number of hydrogen-bond acceptors (Lipinski definition) is 7. The van der Waals surface area contributed by atoms with Gasteiger partial charge in [-0.1, -0.05) is 25.6 Å². The highest BCUT2D eigenvalue weighted by Crippen LogP contribution is 2.20. The number of rotatable bonds is 9. The molecule has 0 aromatic carbocycles. The summed E-state index contributed by atoms with van der Waals surface area (Å²) in [6, 6.07) is 0.487. The van der Waals surface area contributed by atoms with Gasteiger partial charge in [0.1, 0.15) is 0 Å². The normalized spacial score (nSPS) is 15.2. The summed E-state index contributed by atoms with van der Waals surface area (Å²) < 4.78 is 4.24. The molecule has 0 atom stereocenters. The van der Waals surface area contributed by atoms with Crippen molar-refractivity contribution in [2.24, 2.45) is 0 Å². The van der Waals surface area contributed by atoms with Crippen molar-refractivity contribution in [1.82, 2.24) is 19.6 Å². The second-order valence-corrected chi connectivity index (χ2v) is 6.88. The smallest absolute Gasteiger partial charge is 0.240 e. The van der Waals surface area contributed by atoms with Crippen LogP contribution in [0.1, 0.15) is 26.7 Å². The van der Waals surface area contributed by atoms with Crippen LogP contribution in [0.5, 0.6) is 0 Å². The third-order valence-corrected chi connectivity index (χ3v) is 5.02. The Bertz CT molecular complexity index is 450. The average Bonchev–Trinajstić information content (AvgIpc) is 2.82. The highest BCUT2D eigenvalue weighted by atomic mass is 32.2. The minimum absolute atomic E-state index is 0.00135. The van der Waals surface area contributed by atoms with E-state index in [1.807, 2.05) is 0 Å². The molecule has 0 radical (unpaired) electrons. The van der Waals surface area contributed by atoms with Gasteiger partial charge in [0.25, 0.3) is 0 Å². The maximum absolute atomic E-state index is 12.1. The first-order valence-corrected chi connectivity index (χ1v) is 9.20. The van der Waals surface area contributed by atoms with Crippen molar-refractivity contribution in [3.63, 3.8) is 0 Å². The summed E-state index contributed by atoms with van der Waals surface area (Å²) in [7, 11) is 0. The van der Waals surface area contributed by atoms with Gasteiger partial charge in [0, 0.05) is 36.4 Å². The lowest BCUT2D eigenvalue weighted by atomic mass is 10.1. The molecular weight excluding hydrogens is 306 g/mol. The molecule has 2 rings (SSSR count). The fraction of sp³-hybridized carbons (Fsp3) is 0.769. The van der Waals surface area contributed by atoms with Gasteiger partial charge in [-0.25, -0.2) is 0 Å². The number of anilines is 1. The highest BCUT2D eigenvalue weighted by Gasteiger charge is 2.25. The van der Waals surface area contributed by atoms with E-state index in [2.05, 4.69) is 38.7 Å². The summed E-state index contributed by atoms with van der Waals surface area (Å²) in [5.74, 6) is 1.00. The summed E-state index contributed by atoms with van der Waals surface area (Å²) in [6.45, 7) is 7.59. The van der Waals surface area contributed by atoms with Crippen LogP contribution < -0.4 is 10.6 Å². The standard InChI is InChI=1S/C13H23N5OS2/c1-3-5-18(10-7-14-8-10)9-11(19)15-12-16-13(17-21-12)20-6-4-2/h10,14H,3-9H2,1-2H3,(H,15,16,17,19). The van der Waals surface area contributed by atoms with Crippen molar-refractivity contribution in [3.05, 3.63) is 0 Å². The Hall–Kier alpha value is -0.700. The zero-order valence-electron chi connectivity index (χ0n) is 12.6. The Labute approximate surface area is 134 Å². The van der Waals surface area contributed by atoms with Crippen molar-refractivity contribution < 1.29 is 4.79 Å². The van der Waals surface area contributed by atoms with E-state index in [0.29, 0.717) is 17.7 Å². The maximum Gasteiger partial charge on any atom is 0.240 e. The van der Waals surface area contributed by atoms with Crippen LogP contribution in [0.25, 0.3) is 0 Å². The summed E-state index contributed by atoms with van der Waals surface area (Å²) in [4.78, 5) is 18.7. The lowest BCUT2D eigenvalue weighted by molar-refractivity contribution is -0.118. The molecule has 1 saturated heterocycles. The Morgan fingerprint density at radius 1 is 1.48 bits per heavy atom. The molecule has 1 amide bonds. The molecule has 0 saturated carbocycles. The molecule has 1 fully saturated rings. The predicted octanol–water partition coefficient (Wildman–Crippen LogP) is 1.66. The number of aromatic nitrogens is 2. The second kappa shape index (κ2) is 8.67. The zero-order valence-corrected chi connectivity index (χ0v) is 14.2. The largest absolute Gasteiger partial charge is 0.314 e. The van der Waals surface area contributed by atoms with E-state index in [0.717, 1.165) is 43.4 Å². The van der Waals surface area contributed by atoms with Crippen LogP contribution in [0, 0.1) is 0 Å². The first-order chi connectivity index (χ1) is 10.2. The molecule has 1 aliphatic rings.